The summed E-state index contributed by atoms with van der Waals surface area (Å²) in [6.45, 7) is 1.86. The average Bonchev–Trinajstić information content (AvgIpc) is 3.28. The van der Waals surface area contributed by atoms with Crippen molar-refractivity contribution in [2.45, 2.75) is 32.2 Å². The summed E-state index contributed by atoms with van der Waals surface area (Å²) in [6.07, 6.45) is 5.66. The van der Waals surface area contributed by atoms with Gasteiger partial charge >= 0.3 is 5.97 Å². The maximum Gasteiger partial charge on any atom is 0.335 e. The van der Waals surface area contributed by atoms with Crippen LogP contribution in [0.4, 0.5) is 0 Å². The molecule has 3 nitrogen and oxygen atoms in total. The maximum atomic E-state index is 10.9. The van der Waals surface area contributed by atoms with Gasteiger partial charge in [-0.25, -0.2) is 4.79 Å². The molecule has 0 aliphatic heterocycles. The van der Waals surface area contributed by atoms with Gasteiger partial charge in [0.15, 0.2) is 0 Å². The molecule has 0 radical (unpaired) electrons. The molecule has 0 saturated heterocycles. The Morgan fingerprint density at radius 1 is 1.26 bits per heavy atom. The quantitative estimate of drug-likeness (QED) is 0.791. The lowest BCUT2D eigenvalue weighted by Gasteiger charge is -2.16. The van der Waals surface area contributed by atoms with Crippen LogP contribution in [0.5, 0.6) is 0 Å². The van der Waals surface area contributed by atoms with Crippen LogP contribution in [-0.2, 0) is 6.54 Å². The fourth-order valence-corrected chi connectivity index (χ4v) is 2.96. The summed E-state index contributed by atoms with van der Waals surface area (Å²) in [6, 6.07) is 7.21. The van der Waals surface area contributed by atoms with Crippen molar-refractivity contribution >= 4 is 5.97 Å². The van der Waals surface area contributed by atoms with E-state index in [1.807, 2.05) is 12.1 Å². The van der Waals surface area contributed by atoms with Gasteiger partial charge in [-0.1, -0.05) is 12.1 Å². The number of benzene rings is 1. The largest absolute Gasteiger partial charge is 0.478 e. The highest BCUT2D eigenvalue weighted by atomic mass is 16.4. The summed E-state index contributed by atoms with van der Waals surface area (Å²) in [5.41, 5.74) is 1.44. The zero-order valence-electron chi connectivity index (χ0n) is 11.1. The molecule has 2 saturated carbocycles. The van der Waals surface area contributed by atoms with Crippen molar-refractivity contribution in [1.82, 2.24) is 5.32 Å². The van der Waals surface area contributed by atoms with Gasteiger partial charge in [0.05, 0.1) is 5.56 Å². The first-order chi connectivity index (χ1) is 9.24. The summed E-state index contributed by atoms with van der Waals surface area (Å²) >= 11 is 0. The number of hydrogen-bond acceptors (Lipinski definition) is 2. The molecule has 0 unspecified atom stereocenters. The molecular formula is C16H21NO2. The molecule has 0 spiro atoms. The number of nitrogens with one attached hydrogen (secondary N) is 1. The van der Waals surface area contributed by atoms with Gasteiger partial charge in [-0.15, -0.1) is 0 Å². The van der Waals surface area contributed by atoms with E-state index in [1.165, 1.54) is 25.7 Å². The Kier molecular flexibility index (Phi) is 3.56. The van der Waals surface area contributed by atoms with Crippen molar-refractivity contribution < 1.29 is 9.90 Å². The lowest BCUT2D eigenvalue weighted by atomic mass is 9.98. The van der Waals surface area contributed by atoms with E-state index in [0.29, 0.717) is 5.56 Å². The van der Waals surface area contributed by atoms with Gasteiger partial charge < -0.3 is 10.4 Å². The molecular weight excluding hydrogens is 238 g/mol. The Bertz CT molecular complexity index is 452. The first-order valence-corrected chi connectivity index (χ1v) is 7.27. The van der Waals surface area contributed by atoms with Gasteiger partial charge in [-0.05, 0) is 67.7 Å². The van der Waals surface area contributed by atoms with Crippen molar-refractivity contribution in [3.8, 4) is 0 Å². The maximum absolute atomic E-state index is 10.9. The first kappa shape index (κ1) is 12.7. The molecule has 102 valence electrons. The zero-order chi connectivity index (χ0) is 13.2. The van der Waals surface area contributed by atoms with Crippen LogP contribution in [0, 0.1) is 17.8 Å². The standard InChI is InChI=1S/C16H21NO2/c18-16(19)14-3-1-2-11(8-14)9-17-10-15(12-4-5-12)13-6-7-13/h1-3,8,12-13,15,17H,4-7,9-10H2,(H,18,19). The SMILES string of the molecule is O=C(O)c1cccc(CNCC(C2CC2)C2CC2)c1. The van der Waals surface area contributed by atoms with Crippen molar-refractivity contribution in [3.05, 3.63) is 35.4 Å². The third-order valence-corrected chi connectivity index (χ3v) is 4.34. The van der Waals surface area contributed by atoms with E-state index >= 15 is 0 Å². The second-order valence-corrected chi connectivity index (χ2v) is 5.98. The summed E-state index contributed by atoms with van der Waals surface area (Å²) in [5, 5.41) is 12.5. The second-order valence-electron chi connectivity index (χ2n) is 5.98. The van der Waals surface area contributed by atoms with E-state index in [-0.39, 0.29) is 0 Å². The fourth-order valence-electron chi connectivity index (χ4n) is 2.96. The fraction of sp³-hybridized carbons (Fsp3) is 0.562. The van der Waals surface area contributed by atoms with Gasteiger partial charge in [0, 0.05) is 6.54 Å². The molecule has 0 amide bonds. The van der Waals surface area contributed by atoms with Gasteiger partial charge in [-0.3, -0.25) is 0 Å². The van der Waals surface area contributed by atoms with E-state index < -0.39 is 5.97 Å². The molecule has 0 heterocycles. The average molecular weight is 259 g/mol. The van der Waals surface area contributed by atoms with E-state index in [2.05, 4.69) is 5.32 Å². The van der Waals surface area contributed by atoms with E-state index in [1.54, 1.807) is 12.1 Å². The monoisotopic (exact) mass is 259 g/mol. The summed E-state index contributed by atoms with van der Waals surface area (Å²) < 4.78 is 0. The van der Waals surface area contributed by atoms with Crippen LogP contribution in [-0.4, -0.2) is 17.6 Å². The van der Waals surface area contributed by atoms with Crippen LogP contribution in [0.2, 0.25) is 0 Å². The Morgan fingerprint density at radius 3 is 2.53 bits per heavy atom. The van der Waals surface area contributed by atoms with Crippen LogP contribution < -0.4 is 5.32 Å². The number of hydrogen-bond donors (Lipinski definition) is 2. The number of carboxylic acids is 1. The van der Waals surface area contributed by atoms with Crippen LogP contribution >= 0.6 is 0 Å². The molecule has 2 aliphatic carbocycles. The topological polar surface area (TPSA) is 49.3 Å². The van der Waals surface area contributed by atoms with Crippen molar-refractivity contribution in [3.63, 3.8) is 0 Å². The minimum atomic E-state index is -0.851. The van der Waals surface area contributed by atoms with Crippen LogP contribution in [0.1, 0.15) is 41.6 Å². The van der Waals surface area contributed by atoms with E-state index in [4.69, 9.17) is 5.11 Å². The van der Waals surface area contributed by atoms with E-state index in [9.17, 15) is 4.79 Å². The third-order valence-electron chi connectivity index (χ3n) is 4.34. The highest BCUT2D eigenvalue weighted by molar-refractivity contribution is 5.87. The van der Waals surface area contributed by atoms with Gasteiger partial charge in [-0.2, -0.15) is 0 Å². The smallest absolute Gasteiger partial charge is 0.335 e. The molecule has 0 atom stereocenters. The molecule has 19 heavy (non-hydrogen) atoms. The summed E-state index contributed by atoms with van der Waals surface area (Å²) in [4.78, 5) is 10.9. The van der Waals surface area contributed by atoms with Gasteiger partial charge in [0.1, 0.15) is 0 Å². The minimum Gasteiger partial charge on any atom is -0.478 e. The predicted octanol–water partition coefficient (Wildman–Crippen LogP) is 2.91. The van der Waals surface area contributed by atoms with Crippen LogP contribution in [0.25, 0.3) is 0 Å². The van der Waals surface area contributed by atoms with Gasteiger partial charge in [0.25, 0.3) is 0 Å². The number of carbonyl (C=O) groups is 1. The first-order valence-electron chi connectivity index (χ1n) is 7.27. The Labute approximate surface area is 114 Å². The normalized spacial score (nSPS) is 18.8. The number of carboxylic acid groups (broad SMARTS) is 1. The van der Waals surface area contributed by atoms with Crippen molar-refractivity contribution in [1.29, 1.82) is 0 Å². The molecule has 0 aromatic heterocycles. The van der Waals surface area contributed by atoms with Crippen molar-refractivity contribution in [2.24, 2.45) is 17.8 Å². The lowest BCUT2D eigenvalue weighted by molar-refractivity contribution is 0.0696. The molecule has 2 fully saturated rings. The molecule has 1 aromatic carbocycles. The Morgan fingerprint density at radius 2 is 1.95 bits per heavy atom. The number of rotatable bonds is 7. The highest BCUT2D eigenvalue weighted by Gasteiger charge is 2.40. The molecule has 3 rings (SSSR count). The molecule has 2 N–H and O–H groups in total. The molecule has 2 aliphatic rings. The number of aromatic carboxylic acids is 1. The van der Waals surface area contributed by atoms with E-state index in [0.717, 1.165) is 36.4 Å². The van der Waals surface area contributed by atoms with Gasteiger partial charge in [0.2, 0.25) is 0 Å². The summed E-state index contributed by atoms with van der Waals surface area (Å²) in [7, 11) is 0. The minimum absolute atomic E-state index is 0.375. The summed E-state index contributed by atoms with van der Waals surface area (Å²) in [5.74, 6) is 1.94. The highest BCUT2D eigenvalue weighted by Crippen LogP contribution is 2.48. The Balaban J connectivity index is 1.51. The van der Waals surface area contributed by atoms with Crippen LogP contribution in [0.15, 0.2) is 24.3 Å². The predicted molar refractivity (Wildman–Crippen MR) is 74.0 cm³/mol. The Hall–Kier alpha value is -1.35. The van der Waals surface area contributed by atoms with Crippen molar-refractivity contribution in [2.75, 3.05) is 6.54 Å². The zero-order valence-corrected chi connectivity index (χ0v) is 11.1. The van der Waals surface area contributed by atoms with Crippen LogP contribution in [0.3, 0.4) is 0 Å². The molecule has 0 bridgehead atoms. The third kappa shape index (κ3) is 3.35. The second kappa shape index (κ2) is 5.33. The lowest BCUT2D eigenvalue weighted by Crippen LogP contribution is -2.25. The molecule has 1 aromatic rings. The molecule has 3 heteroatoms.